The molecule has 0 aromatic rings. The Balaban J connectivity index is 1.99. The largest absolute Gasteiger partial charge is 0.299 e. The van der Waals surface area contributed by atoms with Gasteiger partial charge in [0.05, 0.1) is 0 Å². The van der Waals surface area contributed by atoms with Gasteiger partial charge in [-0.25, -0.2) is 0 Å². The third-order valence-corrected chi connectivity index (χ3v) is 5.08. The van der Waals surface area contributed by atoms with Gasteiger partial charge in [0, 0.05) is 11.8 Å². The maximum atomic E-state index is 11.8. The van der Waals surface area contributed by atoms with Crippen LogP contribution in [0.4, 0.5) is 0 Å². The summed E-state index contributed by atoms with van der Waals surface area (Å²) >= 11 is 0. The Labute approximate surface area is 71.8 Å². The summed E-state index contributed by atoms with van der Waals surface area (Å²) in [6.45, 7) is 0. The lowest BCUT2D eigenvalue weighted by Gasteiger charge is -2.16. The van der Waals surface area contributed by atoms with Crippen molar-refractivity contribution in [3.8, 4) is 0 Å². The van der Waals surface area contributed by atoms with Crippen LogP contribution in [0.5, 0.6) is 0 Å². The van der Waals surface area contributed by atoms with E-state index in [9.17, 15) is 4.79 Å². The minimum Gasteiger partial charge on any atom is -0.299 e. The highest BCUT2D eigenvalue weighted by molar-refractivity contribution is 5.94. The molecule has 3 saturated carbocycles. The summed E-state index contributed by atoms with van der Waals surface area (Å²) in [6.07, 6.45) is 9.33. The van der Waals surface area contributed by atoms with Gasteiger partial charge in [0.25, 0.3) is 0 Å². The smallest absolute Gasteiger partial charge is 0.140 e. The summed E-state index contributed by atoms with van der Waals surface area (Å²) in [6, 6.07) is 0. The van der Waals surface area contributed by atoms with Gasteiger partial charge < -0.3 is 0 Å². The maximum absolute atomic E-state index is 11.8. The lowest BCUT2D eigenvalue weighted by molar-refractivity contribution is -0.123. The molecule has 4 aliphatic rings. The molecule has 12 heavy (non-hydrogen) atoms. The molecule has 0 radical (unpaired) electrons. The minimum atomic E-state index is 0.201. The molecule has 0 heterocycles. The van der Waals surface area contributed by atoms with Crippen molar-refractivity contribution >= 4 is 5.78 Å². The molecule has 1 heteroatoms. The molecule has 0 aromatic carbocycles. The SMILES string of the molecule is O=C1CC[C@]23C[C@]12[C@@H]1C=C[C@H]3C1. The van der Waals surface area contributed by atoms with Gasteiger partial charge in [-0.3, -0.25) is 4.79 Å². The van der Waals surface area contributed by atoms with Crippen LogP contribution in [0.2, 0.25) is 0 Å². The Morgan fingerprint density at radius 3 is 3.00 bits per heavy atom. The molecular formula is C11H12O. The van der Waals surface area contributed by atoms with E-state index >= 15 is 0 Å². The number of fused-ring (bicyclic) bond motifs is 2. The van der Waals surface area contributed by atoms with Crippen LogP contribution in [0, 0.1) is 22.7 Å². The van der Waals surface area contributed by atoms with Crippen LogP contribution in [-0.2, 0) is 4.79 Å². The van der Waals surface area contributed by atoms with E-state index in [-0.39, 0.29) is 5.41 Å². The number of hydrogen-bond acceptors (Lipinski definition) is 1. The van der Waals surface area contributed by atoms with E-state index in [0.717, 1.165) is 12.3 Å². The molecule has 4 aliphatic carbocycles. The number of allylic oxidation sites excluding steroid dienone is 2. The second-order valence-corrected chi connectivity index (χ2v) is 5.06. The van der Waals surface area contributed by atoms with Gasteiger partial charge in [0.15, 0.2) is 0 Å². The minimum absolute atomic E-state index is 0.201. The molecular weight excluding hydrogens is 148 g/mol. The quantitative estimate of drug-likeness (QED) is 0.495. The molecule has 0 N–H and O–H groups in total. The zero-order valence-corrected chi connectivity index (χ0v) is 7.05. The summed E-state index contributed by atoms with van der Waals surface area (Å²) < 4.78 is 0. The molecule has 4 rings (SSSR count). The van der Waals surface area contributed by atoms with Gasteiger partial charge in [-0.15, -0.1) is 0 Å². The van der Waals surface area contributed by atoms with E-state index in [1.165, 1.54) is 19.3 Å². The molecule has 0 amide bonds. The molecule has 0 spiro atoms. The van der Waals surface area contributed by atoms with Crippen molar-refractivity contribution in [3.63, 3.8) is 0 Å². The molecule has 0 aromatic heterocycles. The molecule has 1 nitrogen and oxygen atoms in total. The Morgan fingerprint density at radius 1 is 1.33 bits per heavy atom. The first kappa shape index (κ1) is 5.95. The van der Waals surface area contributed by atoms with Crippen LogP contribution >= 0.6 is 0 Å². The molecule has 0 saturated heterocycles. The van der Waals surface area contributed by atoms with Crippen molar-refractivity contribution in [2.75, 3.05) is 0 Å². The van der Waals surface area contributed by atoms with Gasteiger partial charge in [-0.05, 0) is 36.5 Å². The highest BCUT2D eigenvalue weighted by atomic mass is 16.1. The highest BCUT2D eigenvalue weighted by Crippen LogP contribution is 2.85. The van der Waals surface area contributed by atoms with Crippen molar-refractivity contribution < 1.29 is 4.79 Å². The van der Waals surface area contributed by atoms with E-state index in [4.69, 9.17) is 0 Å². The van der Waals surface area contributed by atoms with Gasteiger partial charge in [0.2, 0.25) is 0 Å². The molecule has 0 unspecified atom stereocenters. The lowest BCUT2D eigenvalue weighted by Crippen LogP contribution is -2.20. The van der Waals surface area contributed by atoms with Gasteiger partial charge in [-0.1, -0.05) is 12.2 Å². The zero-order chi connectivity index (χ0) is 7.97. The van der Waals surface area contributed by atoms with E-state index in [0.29, 0.717) is 17.1 Å². The van der Waals surface area contributed by atoms with Crippen LogP contribution in [-0.4, -0.2) is 5.78 Å². The standard InChI is InChI=1S/C11H12O/c12-9-3-4-10-6-11(9,10)8-2-1-7(10)5-8/h1-2,7-8H,3-6H2/t7-,8+,10+,11-/m0/s1. The van der Waals surface area contributed by atoms with E-state index in [2.05, 4.69) is 12.2 Å². The predicted octanol–water partition coefficient (Wildman–Crippen LogP) is 1.93. The number of hydrogen-bond donors (Lipinski definition) is 0. The fourth-order valence-corrected chi connectivity index (χ4v) is 4.53. The second-order valence-electron chi connectivity index (χ2n) is 5.06. The second kappa shape index (κ2) is 1.32. The molecule has 62 valence electrons. The Kier molecular flexibility index (Phi) is 0.656. The molecule has 3 fully saturated rings. The van der Waals surface area contributed by atoms with Gasteiger partial charge in [0.1, 0.15) is 5.78 Å². The highest BCUT2D eigenvalue weighted by Gasteiger charge is 2.83. The van der Waals surface area contributed by atoms with Crippen LogP contribution < -0.4 is 0 Å². The number of carbonyl (C=O) groups is 1. The fraction of sp³-hybridized carbons (Fsp3) is 0.727. The Hall–Kier alpha value is -0.590. The third-order valence-electron chi connectivity index (χ3n) is 5.08. The number of rotatable bonds is 0. The van der Waals surface area contributed by atoms with E-state index < -0.39 is 0 Å². The fourth-order valence-electron chi connectivity index (χ4n) is 4.53. The topological polar surface area (TPSA) is 17.1 Å². The van der Waals surface area contributed by atoms with Crippen molar-refractivity contribution in [2.24, 2.45) is 22.7 Å². The monoisotopic (exact) mass is 160 g/mol. The van der Waals surface area contributed by atoms with E-state index in [1.54, 1.807) is 0 Å². The summed E-state index contributed by atoms with van der Waals surface area (Å²) in [7, 11) is 0. The van der Waals surface area contributed by atoms with Crippen molar-refractivity contribution in [3.05, 3.63) is 12.2 Å². The van der Waals surface area contributed by atoms with Crippen LogP contribution in [0.15, 0.2) is 12.2 Å². The summed E-state index contributed by atoms with van der Waals surface area (Å²) in [5.74, 6) is 2.03. The number of ketones is 1. The summed E-state index contributed by atoms with van der Waals surface area (Å²) in [5.41, 5.74) is 0.704. The molecule has 4 atom stereocenters. The summed E-state index contributed by atoms with van der Waals surface area (Å²) in [5, 5.41) is 0. The van der Waals surface area contributed by atoms with Gasteiger partial charge in [-0.2, -0.15) is 0 Å². The lowest BCUT2D eigenvalue weighted by atomic mass is 9.86. The average molecular weight is 160 g/mol. The molecule has 0 aliphatic heterocycles. The average Bonchev–Trinajstić information content (AvgIpc) is 2.43. The first-order chi connectivity index (χ1) is 5.80. The third kappa shape index (κ3) is 0.323. The van der Waals surface area contributed by atoms with Crippen molar-refractivity contribution in [1.29, 1.82) is 0 Å². The van der Waals surface area contributed by atoms with Crippen molar-refractivity contribution in [2.45, 2.75) is 25.7 Å². The van der Waals surface area contributed by atoms with Crippen LogP contribution in [0.25, 0.3) is 0 Å². The zero-order valence-electron chi connectivity index (χ0n) is 7.05. The van der Waals surface area contributed by atoms with Gasteiger partial charge >= 0.3 is 0 Å². The van der Waals surface area contributed by atoms with Crippen molar-refractivity contribution in [1.82, 2.24) is 0 Å². The Bertz CT molecular complexity index is 330. The maximum Gasteiger partial charge on any atom is 0.140 e. The molecule has 2 bridgehead atoms. The predicted molar refractivity (Wildman–Crippen MR) is 44.5 cm³/mol. The van der Waals surface area contributed by atoms with E-state index in [1.807, 2.05) is 0 Å². The first-order valence-corrected chi connectivity index (χ1v) is 5.01. The first-order valence-electron chi connectivity index (χ1n) is 5.01. The normalized spacial score (nSPS) is 63.8. The Morgan fingerprint density at radius 2 is 2.17 bits per heavy atom. The summed E-state index contributed by atoms with van der Waals surface area (Å²) in [4.78, 5) is 11.8. The van der Waals surface area contributed by atoms with Crippen LogP contribution in [0.1, 0.15) is 25.7 Å². The number of Topliss-reactive ketones (excluding diaryl/α,β-unsaturated/α-hetero) is 1. The van der Waals surface area contributed by atoms with Crippen LogP contribution in [0.3, 0.4) is 0 Å². The number of carbonyl (C=O) groups excluding carboxylic acids is 1.